The molecule has 0 aromatic heterocycles. The predicted octanol–water partition coefficient (Wildman–Crippen LogP) is 2.07. The third-order valence-electron chi connectivity index (χ3n) is 2.06. The number of benzene rings is 1. The van der Waals surface area contributed by atoms with Gasteiger partial charge in [-0.1, -0.05) is 6.07 Å². The van der Waals surface area contributed by atoms with Gasteiger partial charge in [-0.05, 0) is 26.0 Å². The Bertz CT molecular complexity index is 474. The Hall–Kier alpha value is -2.22. The van der Waals surface area contributed by atoms with Gasteiger partial charge >= 0.3 is 5.97 Å². The van der Waals surface area contributed by atoms with E-state index in [9.17, 15) is 4.79 Å². The third-order valence-corrected chi connectivity index (χ3v) is 2.06. The average molecular weight is 235 g/mol. The minimum Gasteiger partial charge on any atom is -0.493 e. The van der Waals surface area contributed by atoms with Gasteiger partial charge in [0.15, 0.2) is 17.1 Å². The van der Waals surface area contributed by atoms with E-state index in [-0.39, 0.29) is 17.1 Å². The molecule has 1 N–H and O–H groups in total. The summed E-state index contributed by atoms with van der Waals surface area (Å²) in [6.45, 7) is 3.09. The van der Waals surface area contributed by atoms with E-state index in [0.29, 0.717) is 0 Å². The SMILES string of the molecule is COc1cccc(C(=O)O)c1OC(C)(C)C#N. The van der Waals surface area contributed by atoms with Gasteiger partial charge in [-0.2, -0.15) is 5.26 Å². The van der Waals surface area contributed by atoms with Crippen LogP contribution in [0, 0.1) is 11.3 Å². The molecule has 0 unspecified atom stereocenters. The van der Waals surface area contributed by atoms with Crippen molar-refractivity contribution in [2.45, 2.75) is 19.4 Å². The van der Waals surface area contributed by atoms with Gasteiger partial charge < -0.3 is 14.6 Å². The molecular formula is C12H13NO4. The predicted molar refractivity (Wildman–Crippen MR) is 60.3 cm³/mol. The summed E-state index contributed by atoms with van der Waals surface area (Å²) in [6, 6.07) is 6.46. The normalized spacial score (nSPS) is 10.5. The standard InChI is InChI=1S/C12H13NO4/c1-12(2,7-13)17-10-8(11(14)15)5-4-6-9(10)16-3/h4-6H,1-3H3,(H,14,15). The lowest BCUT2D eigenvalue weighted by molar-refractivity contribution is 0.0685. The molecule has 0 aliphatic carbocycles. The molecule has 0 atom stereocenters. The van der Waals surface area contributed by atoms with Gasteiger partial charge in [-0.15, -0.1) is 0 Å². The maximum atomic E-state index is 11.0. The number of nitriles is 1. The monoisotopic (exact) mass is 235 g/mol. The molecule has 0 fully saturated rings. The second-order valence-corrected chi connectivity index (χ2v) is 3.87. The summed E-state index contributed by atoms with van der Waals surface area (Å²) < 4.78 is 10.4. The quantitative estimate of drug-likeness (QED) is 0.864. The molecule has 90 valence electrons. The molecule has 1 rings (SSSR count). The van der Waals surface area contributed by atoms with Crippen molar-refractivity contribution in [3.63, 3.8) is 0 Å². The smallest absolute Gasteiger partial charge is 0.339 e. The summed E-state index contributed by atoms with van der Waals surface area (Å²) >= 11 is 0. The van der Waals surface area contributed by atoms with Crippen LogP contribution in [-0.4, -0.2) is 23.8 Å². The lowest BCUT2D eigenvalue weighted by Crippen LogP contribution is -2.26. The number of nitrogens with zero attached hydrogens (tertiary/aromatic N) is 1. The minimum absolute atomic E-state index is 0.0346. The molecule has 0 aliphatic rings. The number of hydrogen-bond donors (Lipinski definition) is 1. The fourth-order valence-electron chi connectivity index (χ4n) is 1.23. The van der Waals surface area contributed by atoms with Crippen LogP contribution >= 0.6 is 0 Å². The Labute approximate surface area is 99.2 Å². The van der Waals surface area contributed by atoms with Crippen molar-refractivity contribution in [2.75, 3.05) is 7.11 Å². The second-order valence-electron chi connectivity index (χ2n) is 3.87. The zero-order chi connectivity index (χ0) is 13.1. The van der Waals surface area contributed by atoms with Crippen LogP contribution in [0.5, 0.6) is 11.5 Å². The molecule has 1 aromatic carbocycles. The molecule has 0 amide bonds. The fraction of sp³-hybridized carbons (Fsp3) is 0.333. The van der Waals surface area contributed by atoms with Crippen molar-refractivity contribution in [2.24, 2.45) is 0 Å². The van der Waals surface area contributed by atoms with Crippen molar-refractivity contribution in [1.82, 2.24) is 0 Å². The Balaban J connectivity index is 3.29. The third kappa shape index (κ3) is 2.88. The van der Waals surface area contributed by atoms with Crippen molar-refractivity contribution < 1.29 is 19.4 Å². The number of hydrogen-bond acceptors (Lipinski definition) is 4. The molecule has 0 radical (unpaired) electrons. The number of methoxy groups -OCH3 is 1. The van der Waals surface area contributed by atoms with Crippen LogP contribution < -0.4 is 9.47 Å². The van der Waals surface area contributed by atoms with Gasteiger partial charge in [0, 0.05) is 0 Å². The van der Waals surface area contributed by atoms with Gasteiger partial charge in [0.25, 0.3) is 0 Å². The van der Waals surface area contributed by atoms with Crippen LogP contribution in [0.25, 0.3) is 0 Å². The molecule has 0 saturated carbocycles. The number of carboxylic acid groups (broad SMARTS) is 1. The van der Waals surface area contributed by atoms with Gasteiger partial charge in [0.05, 0.1) is 7.11 Å². The van der Waals surface area contributed by atoms with Crippen molar-refractivity contribution in [1.29, 1.82) is 5.26 Å². The summed E-state index contributed by atoms with van der Waals surface area (Å²) in [5, 5.41) is 17.9. The lowest BCUT2D eigenvalue weighted by Gasteiger charge is -2.21. The first-order chi connectivity index (χ1) is 7.91. The number of rotatable bonds is 4. The zero-order valence-corrected chi connectivity index (χ0v) is 9.85. The maximum absolute atomic E-state index is 11.0. The number of carboxylic acids is 1. The Morgan fingerprint density at radius 2 is 2.12 bits per heavy atom. The van der Waals surface area contributed by atoms with E-state index in [0.717, 1.165) is 0 Å². The highest BCUT2D eigenvalue weighted by atomic mass is 16.5. The number of ether oxygens (including phenoxy) is 2. The Morgan fingerprint density at radius 3 is 2.59 bits per heavy atom. The first-order valence-electron chi connectivity index (χ1n) is 4.92. The van der Waals surface area contributed by atoms with Crippen LogP contribution in [-0.2, 0) is 0 Å². The number of carbonyl (C=O) groups is 1. The van der Waals surface area contributed by atoms with Crippen molar-refractivity contribution in [3.05, 3.63) is 23.8 Å². The van der Waals surface area contributed by atoms with E-state index >= 15 is 0 Å². The molecule has 0 heterocycles. The van der Waals surface area contributed by atoms with Crippen LogP contribution in [0.15, 0.2) is 18.2 Å². The minimum atomic E-state index is -1.13. The maximum Gasteiger partial charge on any atom is 0.339 e. The molecule has 0 spiro atoms. The molecule has 0 aliphatic heterocycles. The van der Waals surface area contributed by atoms with Crippen LogP contribution in [0.2, 0.25) is 0 Å². The van der Waals surface area contributed by atoms with E-state index in [4.69, 9.17) is 19.8 Å². The highest BCUT2D eigenvalue weighted by Crippen LogP contribution is 2.33. The van der Waals surface area contributed by atoms with E-state index in [2.05, 4.69) is 0 Å². The fourth-order valence-corrected chi connectivity index (χ4v) is 1.23. The average Bonchev–Trinajstić information content (AvgIpc) is 2.28. The largest absolute Gasteiger partial charge is 0.493 e. The van der Waals surface area contributed by atoms with E-state index < -0.39 is 11.6 Å². The molecular weight excluding hydrogens is 222 g/mol. The highest BCUT2D eigenvalue weighted by Gasteiger charge is 2.25. The van der Waals surface area contributed by atoms with Crippen LogP contribution in [0.4, 0.5) is 0 Å². The van der Waals surface area contributed by atoms with Gasteiger partial charge in [0.2, 0.25) is 0 Å². The second kappa shape index (κ2) is 4.74. The summed E-state index contributed by atoms with van der Waals surface area (Å²) in [5.74, 6) is -0.782. The van der Waals surface area contributed by atoms with Gasteiger partial charge in [0.1, 0.15) is 11.6 Å². The Morgan fingerprint density at radius 1 is 1.47 bits per heavy atom. The summed E-state index contributed by atoms with van der Waals surface area (Å²) in [7, 11) is 1.41. The lowest BCUT2D eigenvalue weighted by atomic mass is 10.1. The number of para-hydroxylation sites is 1. The van der Waals surface area contributed by atoms with Gasteiger partial charge in [-0.25, -0.2) is 4.79 Å². The topological polar surface area (TPSA) is 79.6 Å². The molecule has 0 bridgehead atoms. The Kier molecular flexibility index (Phi) is 3.59. The zero-order valence-electron chi connectivity index (χ0n) is 9.85. The van der Waals surface area contributed by atoms with Crippen molar-refractivity contribution in [3.8, 4) is 17.6 Å². The summed E-state index contributed by atoms with van der Waals surface area (Å²) in [5.41, 5.74) is -1.16. The molecule has 5 nitrogen and oxygen atoms in total. The molecule has 0 saturated heterocycles. The highest BCUT2D eigenvalue weighted by molar-refractivity contribution is 5.92. The van der Waals surface area contributed by atoms with Crippen LogP contribution in [0.1, 0.15) is 24.2 Å². The molecule has 17 heavy (non-hydrogen) atoms. The molecule has 5 heteroatoms. The van der Waals surface area contributed by atoms with Crippen LogP contribution in [0.3, 0.4) is 0 Å². The first kappa shape index (κ1) is 12.8. The summed E-state index contributed by atoms with van der Waals surface area (Å²) in [4.78, 5) is 11.0. The number of aromatic carboxylic acids is 1. The van der Waals surface area contributed by atoms with E-state index in [1.807, 2.05) is 6.07 Å². The molecule has 1 aromatic rings. The van der Waals surface area contributed by atoms with Crippen molar-refractivity contribution >= 4 is 5.97 Å². The van der Waals surface area contributed by atoms with Gasteiger partial charge in [-0.3, -0.25) is 0 Å². The summed E-state index contributed by atoms with van der Waals surface area (Å²) in [6.07, 6.45) is 0. The van der Waals surface area contributed by atoms with E-state index in [1.165, 1.54) is 13.2 Å². The first-order valence-corrected chi connectivity index (χ1v) is 4.92. The van der Waals surface area contributed by atoms with E-state index in [1.54, 1.807) is 26.0 Å².